The predicted molar refractivity (Wildman–Crippen MR) is 72.3 cm³/mol. The Morgan fingerprint density at radius 3 is 2.76 bits per heavy atom. The molecule has 1 saturated carbocycles. The van der Waals surface area contributed by atoms with Gasteiger partial charge in [-0.1, -0.05) is 28.8 Å². The van der Waals surface area contributed by atoms with Gasteiger partial charge in [0.1, 0.15) is 5.75 Å². The molecule has 17 heavy (non-hydrogen) atoms. The van der Waals surface area contributed by atoms with Gasteiger partial charge in [-0.25, -0.2) is 0 Å². The van der Waals surface area contributed by atoms with E-state index in [9.17, 15) is 0 Å². The van der Waals surface area contributed by atoms with Crippen LogP contribution in [0.25, 0.3) is 0 Å². The number of methoxy groups -OCH3 is 1. The fourth-order valence-electron chi connectivity index (χ4n) is 2.30. The van der Waals surface area contributed by atoms with Crippen LogP contribution in [0, 0.1) is 5.92 Å². The zero-order chi connectivity index (χ0) is 12.1. The largest absolute Gasteiger partial charge is 0.497 e. The first-order chi connectivity index (χ1) is 8.29. The normalized spacial score (nSPS) is 16.4. The van der Waals surface area contributed by atoms with E-state index in [1.807, 2.05) is 18.2 Å². The van der Waals surface area contributed by atoms with Crippen molar-refractivity contribution >= 4 is 15.9 Å². The monoisotopic (exact) mass is 298 g/mol. The molecule has 1 aromatic rings. The van der Waals surface area contributed by atoms with Gasteiger partial charge in [-0.2, -0.15) is 0 Å². The number of hydrogen-bond donors (Lipinski definition) is 0. The Bertz CT molecular complexity index is 359. The maximum atomic E-state index is 5.80. The van der Waals surface area contributed by atoms with Crippen molar-refractivity contribution in [1.29, 1.82) is 0 Å². The molecule has 94 valence electrons. The Labute approximate surface area is 111 Å². The van der Waals surface area contributed by atoms with Crippen LogP contribution < -0.4 is 4.74 Å². The molecule has 0 saturated heterocycles. The van der Waals surface area contributed by atoms with Gasteiger partial charge in [-0.05, 0) is 42.5 Å². The van der Waals surface area contributed by atoms with E-state index in [2.05, 4.69) is 15.9 Å². The fraction of sp³-hybridized carbons (Fsp3) is 0.571. The van der Waals surface area contributed by atoms with Gasteiger partial charge in [0.05, 0.1) is 13.7 Å². The molecule has 2 nitrogen and oxygen atoms in total. The van der Waals surface area contributed by atoms with Crippen LogP contribution in [0.5, 0.6) is 5.75 Å². The second-order valence-electron chi connectivity index (χ2n) is 4.62. The number of hydrogen-bond acceptors (Lipinski definition) is 2. The molecule has 1 fully saturated rings. The smallest absolute Gasteiger partial charge is 0.119 e. The predicted octanol–water partition coefficient (Wildman–Crippen LogP) is 4.16. The third kappa shape index (κ3) is 3.71. The summed E-state index contributed by atoms with van der Waals surface area (Å²) in [6.45, 7) is 1.55. The number of rotatable bonds is 5. The van der Waals surface area contributed by atoms with Gasteiger partial charge in [0.2, 0.25) is 0 Å². The minimum Gasteiger partial charge on any atom is -0.497 e. The summed E-state index contributed by atoms with van der Waals surface area (Å²) in [5.74, 6) is 1.66. The highest BCUT2D eigenvalue weighted by Crippen LogP contribution is 2.26. The first-order valence-electron chi connectivity index (χ1n) is 6.20. The van der Waals surface area contributed by atoms with E-state index in [4.69, 9.17) is 9.47 Å². The molecule has 0 aromatic heterocycles. The van der Waals surface area contributed by atoms with E-state index in [0.717, 1.165) is 28.3 Å². The topological polar surface area (TPSA) is 18.5 Å². The van der Waals surface area contributed by atoms with Gasteiger partial charge >= 0.3 is 0 Å². The van der Waals surface area contributed by atoms with E-state index >= 15 is 0 Å². The van der Waals surface area contributed by atoms with Gasteiger partial charge in [0.15, 0.2) is 0 Å². The van der Waals surface area contributed by atoms with Crippen LogP contribution in [0.15, 0.2) is 22.7 Å². The van der Waals surface area contributed by atoms with Crippen LogP contribution in [0.2, 0.25) is 0 Å². The zero-order valence-electron chi connectivity index (χ0n) is 10.2. The van der Waals surface area contributed by atoms with Crippen molar-refractivity contribution in [2.75, 3.05) is 13.7 Å². The summed E-state index contributed by atoms with van der Waals surface area (Å²) in [5, 5.41) is 0. The first-order valence-corrected chi connectivity index (χ1v) is 6.99. The SMILES string of the molecule is COc1ccc(Br)c(COCC2CCCC2)c1. The maximum Gasteiger partial charge on any atom is 0.119 e. The molecule has 0 aliphatic heterocycles. The van der Waals surface area contributed by atoms with Crippen molar-refractivity contribution in [3.8, 4) is 5.75 Å². The lowest BCUT2D eigenvalue weighted by Crippen LogP contribution is -2.05. The van der Waals surface area contributed by atoms with Crippen LogP contribution in [0.1, 0.15) is 31.2 Å². The molecule has 0 amide bonds. The molecule has 1 aromatic carbocycles. The lowest BCUT2D eigenvalue weighted by atomic mass is 10.1. The highest BCUT2D eigenvalue weighted by molar-refractivity contribution is 9.10. The minimum absolute atomic E-state index is 0.661. The van der Waals surface area contributed by atoms with E-state index in [1.165, 1.54) is 25.7 Å². The molecule has 0 radical (unpaired) electrons. The van der Waals surface area contributed by atoms with Gasteiger partial charge < -0.3 is 9.47 Å². The number of halogens is 1. The summed E-state index contributed by atoms with van der Waals surface area (Å²) in [4.78, 5) is 0. The lowest BCUT2D eigenvalue weighted by molar-refractivity contribution is 0.0884. The third-order valence-corrected chi connectivity index (χ3v) is 4.11. The standard InChI is InChI=1S/C14H19BrO2/c1-16-13-6-7-14(15)12(8-13)10-17-9-11-4-2-3-5-11/h6-8,11H,2-5,9-10H2,1H3. The minimum atomic E-state index is 0.661. The molecule has 1 aliphatic carbocycles. The lowest BCUT2D eigenvalue weighted by Gasteiger charge is -2.11. The third-order valence-electron chi connectivity index (χ3n) is 3.34. The molecular formula is C14H19BrO2. The van der Waals surface area contributed by atoms with Crippen molar-refractivity contribution in [1.82, 2.24) is 0 Å². The second-order valence-corrected chi connectivity index (χ2v) is 5.48. The van der Waals surface area contributed by atoms with Gasteiger partial charge in [-0.3, -0.25) is 0 Å². The molecule has 1 aliphatic rings. The van der Waals surface area contributed by atoms with Crippen molar-refractivity contribution < 1.29 is 9.47 Å². The average molecular weight is 299 g/mol. The van der Waals surface area contributed by atoms with Crippen LogP contribution in [0.4, 0.5) is 0 Å². The molecule has 0 bridgehead atoms. The summed E-state index contributed by atoms with van der Waals surface area (Å²) < 4.78 is 12.1. The average Bonchev–Trinajstić information content (AvgIpc) is 2.84. The van der Waals surface area contributed by atoms with Crippen LogP contribution in [0.3, 0.4) is 0 Å². The Morgan fingerprint density at radius 1 is 1.29 bits per heavy atom. The highest BCUT2D eigenvalue weighted by atomic mass is 79.9. The second kappa shape index (κ2) is 6.41. The van der Waals surface area contributed by atoms with Crippen molar-refractivity contribution in [3.05, 3.63) is 28.2 Å². The van der Waals surface area contributed by atoms with E-state index < -0.39 is 0 Å². The summed E-state index contributed by atoms with van der Waals surface area (Å²) >= 11 is 3.54. The number of benzene rings is 1. The molecule has 0 heterocycles. The fourth-order valence-corrected chi connectivity index (χ4v) is 2.66. The maximum absolute atomic E-state index is 5.80. The first kappa shape index (κ1) is 12.9. The zero-order valence-corrected chi connectivity index (χ0v) is 11.8. The Kier molecular flexibility index (Phi) is 4.86. The molecule has 0 atom stereocenters. The summed E-state index contributed by atoms with van der Waals surface area (Å²) in [6.07, 6.45) is 5.41. The van der Waals surface area contributed by atoms with Crippen LogP contribution in [-0.2, 0) is 11.3 Å². The molecular weight excluding hydrogens is 280 g/mol. The molecule has 0 unspecified atom stereocenters. The van der Waals surface area contributed by atoms with E-state index in [-0.39, 0.29) is 0 Å². The van der Waals surface area contributed by atoms with E-state index in [0.29, 0.717) is 6.61 Å². The highest BCUT2D eigenvalue weighted by Gasteiger charge is 2.15. The molecule has 0 N–H and O–H groups in total. The summed E-state index contributed by atoms with van der Waals surface area (Å²) in [5.41, 5.74) is 1.15. The van der Waals surface area contributed by atoms with E-state index in [1.54, 1.807) is 7.11 Å². The van der Waals surface area contributed by atoms with Crippen molar-refractivity contribution in [2.24, 2.45) is 5.92 Å². The van der Waals surface area contributed by atoms with Gasteiger partial charge in [0.25, 0.3) is 0 Å². The van der Waals surface area contributed by atoms with Crippen molar-refractivity contribution in [3.63, 3.8) is 0 Å². The Morgan fingerprint density at radius 2 is 2.06 bits per heavy atom. The molecule has 0 spiro atoms. The van der Waals surface area contributed by atoms with Gasteiger partial charge in [0, 0.05) is 11.1 Å². The quantitative estimate of drug-likeness (QED) is 0.812. The van der Waals surface area contributed by atoms with Crippen LogP contribution >= 0.6 is 15.9 Å². The molecule has 3 heteroatoms. The number of ether oxygens (including phenoxy) is 2. The molecule has 2 rings (SSSR count). The summed E-state index contributed by atoms with van der Waals surface area (Å²) in [6, 6.07) is 5.98. The Hall–Kier alpha value is -0.540. The van der Waals surface area contributed by atoms with Crippen molar-refractivity contribution in [2.45, 2.75) is 32.3 Å². The van der Waals surface area contributed by atoms with Gasteiger partial charge in [-0.15, -0.1) is 0 Å². The van der Waals surface area contributed by atoms with Crippen LogP contribution in [-0.4, -0.2) is 13.7 Å². The Balaban J connectivity index is 1.84. The summed E-state index contributed by atoms with van der Waals surface area (Å²) in [7, 11) is 1.69.